The van der Waals surface area contributed by atoms with Crippen LogP contribution >= 0.6 is 27.5 Å². The van der Waals surface area contributed by atoms with Crippen molar-refractivity contribution >= 4 is 27.5 Å². The fourth-order valence-corrected chi connectivity index (χ4v) is 2.26. The Labute approximate surface area is 123 Å². The molecule has 0 bridgehead atoms. The van der Waals surface area contributed by atoms with Gasteiger partial charge in [-0.25, -0.2) is 8.78 Å². The van der Waals surface area contributed by atoms with E-state index in [2.05, 4.69) is 15.9 Å². The minimum atomic E-state index is -0.926. The molecule has 0 heterocycles. The first-order chi connectivity index (χ1) is 8.97. The van der Waals surface area contributed by atoms with Gasteiger partial charge in [-0.2, -0.15) is 0 Å². The average molecular weight is 348 g/mol. The van der Waals surface area contributed by atoms with Crippen LogP contribution in [0.4, 0.5) is 8.78 Å². The number of aliphatic hydroxyl groups is 1. The van der Waals surface area contributed by atoms with Gasteiger partial charge in [-0.3, -0.25) is 0 Å². The molecule has 0 saturated heterocycles. The van der Waals surface area contributed by atoms with Gasteiger partial charge in [0.1, 0.15) is 11.6 Å². The highest BCUT2D eigenvalue weighted by atomic mass is 79.9. The number of benzene rings is 2. The van der Waals surface area contributed by atoms with Crippen molar-refractivity contribution in [3.8, 4) is 0 Å². The summed E-state index contributed by atoms with van der Waals surface area (Å²) in [4.78, 5) is 0. The summed E-state index contributed by atoms with van der Waals surface area (Å²) in [6, 6.07) is 8.12. The zero-order valence-electron chi connectivity index (χ0n) is 9.71. The van der Waals surface area contributed by atoms with E-state index in [0.29, 0.717) is 15.1 Å². The minimum absolute atomic E-state index is 0.00232. The first-order valence-electron chi connectivity index (χ1n) is 5.54. The van der Waals surface area contributed by atoms with Crippen LogP contribution in [0.2, 0.25) is 5.02 Å². The van der Waals surface area contributed by atoms with E-state index in [-0.39, 0.29) is 12.0 Å². The van der Waals surface area contributed by atoms with Crippen molar-refractivity contribution in [1.82, 2.24) is 0 Å². The van der Waals surface area contributed by atoms with Crippen molar-refractivity contribution in [2.75, 3.05) is 0 Å². The summed E-state index contributed by atoms with van der Waals surface area (Å²) in [6.07, 6.45) is -0.928. The summed E-state index contributed by atoms with van der Waals surface area (Å²) < 4.78 is 27.2. The third-order valence-corrected chi connectivity index (χ3v) is 3.96. The zero-order valence-corrected chi connectivity index (χ0v) is 12.0. The highest BCUT2D eigenvalue weighted by Crippen LogP contribution is 2.28. The van der Waals surface area contributed by atoms with Crippen LogP contribution in [-0.4, -0.2) is 5.11 Å². The quantitative estimate of drug-likeness (QED) is 0.856. The Morgan fingerprint density at radius 1 is 1.16 bits per heavy atom. The molecule has 0 aromatic heterocycles. The van der Waals surface area contributed by atoms with Crippen LogP contribution in [0.3, 0.4) is 0 Å². The molecule has 0 spiro atoms. The summed E-state index contributed by atoms with van der Waals surface area (Å²) in [5, 5.41) is 10.6. The molecule has 5 heteroatoms. The SMILES string of the molecule is OC(Cc1cc(F)ccc1F)c1ccc(Cl)c(Br)c1. The van der Waals surface area contributed by atoms with Crippen molar-refractivity contribution in [1.29, 1.82) is 0 Å². The molecule has 0 fully saturated rings. The summed E-state index contributed by atoms with van der Waals surface area (Å²) in [7, 11) is 0. The van der Waals surface area contributed by atoms with Crippen LogP contribution in [0.15, 0.2) is 40.9 Å². The molecular formula is C14H10BrClF2O. The fraction of sp³-hybridized carbons (Fsp3) is 0.143. The molecule has 2 rings (SSSR count). The molecule has 1 unspecified atom stereocenters. The lowest BCUT2D eigenvalue weighted by molar-refractivity contribution is 0.177. The molecule has 100 valence electrons. The maximum atomic E-state index is 13.5. The maximum absolute atomic E-state index is 13.5. The Balaban J connectivity index is 2.22. The second kappa shape index (κ2) is 5.99. The predicted molar refractivity (Wildman–Crippen MR) is 74.2 cm³/mol. The van der Waals surface area contributed by atoms with Crippen LogP contribution in [0.1, 0.15) is 17.2 Å². The van der Waals surface area contributed by atoms with Gasteiger partial charge in [0, 0.05) is 10.9 Å². The third-order valence-electron chi connectivity index (χ3n) is 2.75. The zero-order chi connectivity index (χ0) is 14.0. The highest BCUT2D eigenvalue weighted by molar-refractivity contribution is 9.10. The highest BCUT2D eigenvalue weighted by Gasteiger charge is 2.13. The molecule has 0 saturated carbocycles. The lowest BCUT2D eigenvalue weighted by atomic mass is 10.0. The van der Waals surface area contributed by atoms with Gasteiger partial charge in [0.2, 0.25) is 0 Å². The first kappa shape index (κ1) is 14.4. The Morgan fingerprint density at radius 2 is 1.89 bits per heavy atom. The lowest BCUT2D eigenvalue weighted by Crippen LogP contribution is -2.04. The van der Waals surface area contributed by atoms with Crippen molar-refractivity contribution < 1.29 is 13.9 Å². The molecule has 0 amide bonds. The normalized spacial score (nSPS) is 12.5. The number of halogens is 4. The van der Waals surface area contributed by atoms with Crippen LogP contribution in [0.25, 0.3) is 0 Å². The standard InChI is InChI=1S/C14H10BrClF2O/c15-11-6-8(1-3-12(11)16)14(19)7-9-5-10(17)2-4-13(9)18/h1-6,14,19H,7H2. The van der Waals surface area contributed by atoms with Gasteiger partial charge >= 0.3 is 0 Å². The molecule has 1 atom stereocenters. The molecule has 2 aromatic rings. The van der Waals surface area contributed by atoms with Gasteiger partial charge in [0.05, 0.1) is 11.1 Å². The average Bonchev–Trinajstić information content (AvgIpc) is 2.37. The summed E-state index contributed by atoms with van der Waals surface area (Å²) in [5.74, 6) is -1.06. The van der Waals surface area contributed by atoms with E-state index in [1.54, 1.807) is 18.2 Å². The smallest absolute Gasteiger partial charge is 0.126 e. The topological polar surface area (TPSA) is 20.2 Å². The Morgan fingerprint density at radius 3 is 2.58 bits per heavy atom. The van der Waals surface area contributed by atoms with Gasteiger partial charge in [-0.05, 0) is 57.4 Å². The van der Waals surface area contributed by atoms with E-state index in [1.165, 1.54) is 0 Å². The maximum Gasteiger partial charge on any atom is 0.126 e. The van der Waals surface area contributed by atoms with E-state index in [0.717, 1.165) is 18.2 Å². The molecule has 19 heavy (non-hydrogen) atoms. The third kappa shape index (κ3) is 3.53. The molecule has 0 radical (unpaired) electrons. The molecule has 1 nitrogen and oxygen atoms in total. The molecule has 2 aromatic carbocycles. The molecule has 0 aliphatic carbocycles. The molecular weight excluding hydrogens is 338 g/mol. The predicted octanol–water partition coefficient (Wildman–Crippen LogP) is 4.66. The van der Waals surface area contributed by atoms with Gasteiger partial charge in [0.25, 0.3) is 0 Å². The molecule has 1 N–H and O–H groups in total. The van der Waals surface area contributed by atoms with Gasteiger partial charge in [0.15, 0.2) is 0 Å². The van der Waals surface area contributed by atoms with Crippen molar-refractivity contribution in [3.63, 3.8) is 0 Å². The monoisotopic (exact) mass is 346 g/mol. The Hall–Kier alpha value is -0.970. The van der Waals surface area contributed by atoms with Gasteiger partial charge in [-0.1, -0.05) is 17.7 Å². The Bertz CT molecular complexity index is 604. The Kier molecular flexibility index (Phi) is 4.55. The van der Waals surface area contributed by atoms with Gasteiger partial charge in [-0.15, -0.1) is 0 Å². The first-order valence-corrected chi connectivity index (χ1v) is 6.71. The lowest BCUT2D eigenvalue weighted by Gasteiger charge is -2.12. The van der Waals surface area contributed by atoms with E-state index >= 15 is 0 Å². The van der Waals surface area contributed by atoms with E-state index in [4.69, 9.17) is 11.6 Å². The summed E-state index contributed by atoms with van der Waals surface area (Å²) >= 11 is 9.10. The van der Waals surface area contributed by atoms with Crippen molar-refractivity contribution in [2.45, 2.75) is 12.5 Å². The number of aliphatic hydroxyl groups excluding tert-OH is 1. The van der Waals surface area contributed by atoms with Crippen LogP contribution in [0, 0.1) is 11.6 Å². The van der Waals surface area contributed by atoms with Crippen LogP contribution in [-0.2, 0) is 6.42 Å². The molecule has 0 aliphatic rings. The van der Waals surface area contributed by atoms with E-state index in [9.17, 15) is 13.9 Å². The second-order valence-corrected chi connectivity index (χ2v) is 5.39. The van der Waals surface area contributed by atoms with Crippen LogP contribution < -0.4 is 0 Å². The fourth-order valence-electron chi connectivity index (χ4n) is 1.75. The summed E-state index contributed by atoms with van der Waals surface area (Å²) in [5.41, 5.74) is 0.721. The number of hydrogen-bond donors (Lipinski definition) is 1. The van der Waals surface area contributed by atoms with Crippen LogP contribution in [0.5, 0.6) is 0 Å². The van der Waals surface area contributed by atoms with E-state index < -0.39 is 17.7 Å². The molecule has 0 aliphatic heterocycles. The minimum Gasteiger partial charge on any atom is -0.388 e. The number of hydrogen-bond acceptors (Lipinski definition) is 1. The largest absolute Gasteiger partial charge is 0.388 e. The van der Waals surface area contributed by atoms with Gasteiger partial charge < -0.3 is 5.11 Å². The number of rotatable bonds is 3. The van der Waals surface area contributed by atoms with Crippen molar-refractivity contribution in [3.05, 3.63) is 68.7 Å². The van der Waals surface area contributed by atoms with Crippen molar-refractivity contribution in [2.24, 2.45) is 0 Å². The summed E-state index contributed by atoms with van der Waals surface area (Å²) in [6.45, 7) is 0. The second-order valence-electron chi connectivity index (χ2n) is 4.13. The van der Waals surface area contributed by atoms with E-state index in [1.807, 2.05) is 0 Å².